The number of pyridine rings is 1. The van der Waals surface area contributed by atoms with Gasteiger partial charge in [0.05, 0.1) is 6.20 Å². The minimum absolute atomic E-state index is 0.362. The molecule has 2 heterocycles. The average molecular weight is 349 g/mol. The Labute approximate surface area is 122 Å². The van der Waals surface area contributed by atoms with Crippen LogP contribution in [-0.2, 0) is 18.2 Å². The summed E-state index contributed by atoms with van der Waals surface area (Å²) in [6, 6.07) is 3.39. The average Bonchev–Trinajstić information content (AvgIpc) is 2.69. The van der Waals surface area contributed by atoms with Crippen LogP contribution in [0.4, 0.5) is 0 Å². The highest BCUT2D eigenvalue weighted by Crippen LogP contribution is 2.28. The third-order valence-electron chi connectivity index (χ3n) is 2.48. The third kappa shape index (κ3) is 2.56. The molecule has 0 N–H and O–H groups in total. The van der Waals surface area contributed by atoms with Gasteiger partial charge in [0.15, 0.2) is 16.4 Å². The van der Waals surface area contributed by atoms with Crippen molar-refractivity contribution in [3.63, 3.8) is 0 Å². The van der Waals surface area contributed by atoms with Crippen LogP contribution < -0.4 is 0 Å². The number of hydrogen-bond donors (Lipinski definition) is 0. The van der Waals surface area contributed by atoms with Crippen LogP contribution >= 0.6 is 27.5 Å². The first-order valence-corrected chi connectivity index (χ1v) is 7.76. The molecular formula is C11H11BrClN3OS. The third-order valence-corrected chi connectivity index (χ3v) is 4.77. The SMILES string of the molecule is CC[S+]([O-])c1ccc(Cl)nc1-c1ncc(Br)n1C. The standard InChI is InChI=1S/C11H11BrClN3OS/c1-3-18(17)7-4-5-9(13)15-10(7)11-14-6-8(12)16(11)2/h4-6H,3H2,1-2H3. The van der Waals surface area contributed by atoms with Gasteiger partial charge < -0.3 is 9.12 Å². The van der Waals surface area contributed by atoms with E-state index in [0.29, 0.717) is 27.3 Å². The van der Waals surface area contributed by atoms with Crippen LogP contribution in [0, 0.1) is 0 Å². The molecule has 0 aliphatic carbocycles. The van der Waals surface area contributed by atoms with Gasteiger partial charge in [-0.05, 0) is 46.2 Å². The zero-order valence-electron chi connectivity index (χ0n) is 9.85. The predicted octanol–water partition coefficient (Wildman–Crippen LogP) is 3.03. The summed E-state index contributed by atoms with van der Waals surface area (Å²) in [5.74, 6) is 1.17. The molecule has 2 aromatic rings. The topological polar surface area (TPSA) is 53.8 Å². The summed E-state index contributed by atoms with van der Waals surface area (Å²) in [6.45, 7) is 1.86. The van der Waals surface area contributed by atoms with E-state index in [2.05, 4.69) is 25.9 Å². The number of aromatic nitrogens is 3. The Morgan fingerprint density at radius 2 is 2.22 bits per heavy atom. The molecule has 18 heavy (non-hydrogen) atoms. The molecular weight excluding hydrogens is 338 g/mol. The maximum Gasteiger partial charge on any atom is 0.182 e. The Hall–Kier alpha value is -0.560. The van der Waals surface area contributed by atoms with Crippen molar-refractivity contribution in [2.75, 3.05) is 5.75 Å². The molecule has 0 radical (unpaired) electrons. The molecule has 0 bridgehead atoms. The van der Waals surface area contributed by atoms with E-state index < -0.39 is 11.2 Å². The van der Waals surface area contributed by atoms with E-state index in [4.69, 9.17) is 11.6 Å². The fourth-order valence-electron chi connectivity index (χ4n) is 1.53. The van der Waals surface area contributed by atoms with E-state index in [0.717, 1.165) is 4.60 Å². The maximum absolute atomic E-state index is 12.0. The van der Waals surface area contributed by atoms with Gasteiger partial charge in [-0.15, -0.1) is 0 Å². The van der Waals surface area contributed by atoms with Gasteiger partial charge in [0.1, 0.15) is 15.5 Å². The fourth-order valence-corrected chi connectivity index (χ4v) is 2.83. The van der Waals surface area contributed by atoms with E-state index in [1.54, 1.807) is 18.3 Å². The van der Waals surface area contributed by atoms with Crippen LogP contribution in [0.1, 0.15) is 6.92 Å². The zero-order valence-corrected chi connectivity index (χ0v) is 13.0. The van der Waals surface area contributed by atoms with Crippen LogP contribution in [0.2, 0.25) is 5.15 Å². The lowest BCUT2D eigenvalue weighted by Crippen LogP contribution is -2.08. The lowest BCUT2D eigenvalue weighted by molar-refractivity contribution is 0.596. The van der Waals surface area contributed by atoms with Crippen molar-refractivity contribution < 1.29 is 4.55 Å². The van der Waals surface area contributed by atoms with Crippen LogP contribution in [0.25, 0.3) is 11.5 Å². The lowest BCUT2D eigenvalue weighted by atomic mass is 10.3. The van der Waals surface area contributed by atoms with Gasteiger partial charge >= 0.3 is 0 Å². The molecule has 7 heteroatoms. The van der Waals surface area contributed by atoms with Crippen molar-refractivity contribution in [1.29, 1.82) is 0 Å². The van der Waals surface area contributed by atoms with Crippen LogP contribution in [-0.4, -0.2) is 24.8 Å². The summed E-state index contributed by atoms with van der Waals surface area (Å²) in [5.41, 5.74) is 0.566. The minimum Gasteiger partial charge on any atom is -0.611 e. The van der Waals surface area contributed by atoms with Crippen LogP contribution in [0.5, 0.6) is 0 Å². The highest BCUT2D eigenvalue weighted by molar-refractivity contribution is 9.10. The largest absolute Gasteiger partial charge is 0.611 e. The molecule has 0 saturated heterocycles. The molecule has 1 atom stereocenters. The number of imidazole rings is 1. The molecule has 0 spiro atoms. The van der Waals surface area contributed by atoms with Crippen molar-refractivity contribution in [2.45, 2.75) is 11.8 Å². The first-order valence-electron chi connectivity index (χ1n) is 5.27. The van der Waals surface area contributed by atoms with E-state index in [1.165, 1.54) is 0 Å². The number of rotatable bonds is 3. The van der Waals surface area contributed by atoms with Gasteiger partial charge in [-0.25, -0.2) is 9.97 Å². The van der Waals surface area contributed by atoms with Gasteiger partial charge in [0.25, 0.3) is 0 Å². The van der Waals surface area contributed by atoms with Crippen molar-refractivity contribution in [3.8, 4) is 11.5 Å². The second kappa shape index (κ2) is 5.61. The van der Waals surface area contributed by atoms with Gasteiger partial charge in [-0.1, -0.05) is 11.6 Å². The van der Waals surface area contributed by atoms with E-state index in [-0.39, 0.29) is 0 Å². The van der Waals surface area contributed by atoms with Crippen molar-refractivity contribution >= 4 is 38.7 Å². The van der Waals surface area contributed by atoms with Crippen LogP contribution in [0.3, 0.4) is 0 Å². The van der Waals surface area contributed by atoms with Crippen molar-refractivity contribution in [3.05, 3.63) is 28.1 Å². The minimum atomic E-state index is -1.10. The van der Waals surface area contributed by atoms with Crippen molar-refractivity contribution in [1.82, 2.24) is 14.5 Å². The Morgan fingerprint density at radius 1 is 1.50 bits per heavy atom. The molecule has 4 nitrogen and oxygen atoms in total. The summed E-state index contributed by atoms with van der Waals surface area (Å²) < 4.78 is 14.7. The number of nitrogens with zero attached hydrogens (tertiary/aromatic N) is 3. The number of hydrogen-bond acceptors (Lipinski definition) is 3. The highest BCUT2D eigenvalue weighted by atomic mass is 79.9. The molecule has 2 rings (SSSR count). The molecule has 96 valence electrons. The summed E-state index contributed by atoms with van der Waals surface area (Å²) in [5, 5.41) is 0.362. The molecule has 0 aliphatic rings. The summed E-state index contributed by atoms with van der Waals surface area (Å²) in [4.78, 5) is 9.17. The van der Waals surface area contributed by atoms with E-state index in [9.17, 15) is 4.55 Å². The van der Waals surface area contributed by atoms with Gasteiger partial charge in [0, 0.05) is 7.05 Å². The Balaban J connectivity index is 2.61. The summed E-state index contributed by atoms with van der Waals surface area (Å²) >= 11 is 8.19. The first kappa shape index (κ1) is 13.9. The smallest absolute Gasteiger partial charge is 0.182 e. The Bertz CT molecular complexity index is 575. The first-order chi connectivity index (χ1) is 8.54. The maximum atomic E-state index is 12.0. The number of halogens is 2. The van der Waals surface area contributed by atoms with Gasteiger partial charge in [0.2, 0.25) is 0 Å². The fraction of sp³-hybridized carbons (Fsp3) is 0.273. The second-order valence-electron chi connectivity index (χ2n) is 3.58. The molecule has 0 aliphatic heterocycles. The van der Waals surface area contributed by atoms with E-state index in [1.807, 2.05) is 18.5 Å². The lowest BCUT2D eigenvalue weighted by Gasteiger charge is -2.12. The Kier molecular flexibility index (Phi) is 4.32. The predicted molar refractivity (Wildman–Crippen MR) is 76.1 cm³/mol. The van der Waals surface area contributed by atoms with E-state index >= 15 is 0 Å². The summed E-state index contributed by atoms with van der Waals surface area (Å²) in [7, 11) is 1.85. The molecule has 0 aromatic carbocycles. The van der Waals surface area contributed by atoms with Crippen molar-refractivity contribution in [2.24, 2.45) is 7.05 Å². The normalized spacial score (nSPS) is 12.7. The highest BCUT2D eigenvalue weighted by Gasteiger charge is 2.21. The van der Waals surface area contributed by atoms with Gasteiger partial charge in [-0.2, -0.15) is 0 Å². The molecule has 0 amide bonds. The molecule has 0 saturated carbocycles. The summed E-state index contributed by atoms with van der Waals surface area (Å²) in [6.07, 6.45) is 1.68. The monoisotopic (exact) mass is 347 g/mol. The zero-order chi connectivity index (χ0) is 13.3. The molecule has 2 aromatic heterocycles. The second-order valence-corrected chi connectivity index (χ2v) is 6.49. The van der Waals surface area contributed by atoms with Crippen LogP contribution in [0.15, 0.2) is 27.8 Å². The Morgan fingerprint density at radius 3 is 2.78 bits per heavy atom. The molecule has 1 unspecified atom stereocenters. The van der Waals surface area contributed by atoms with Gasteiger partial charge in [-0.3, -0.25) is 0 Å². The quantitative estimate of drug-likeness (QED) is 0.633. The molecule has 0 fully saturated rings.